The van der Waals surface area contributed by atoms with Gasteiger partial charge in [0.1, 0.15) is 11.8 Å². The van der Waals surface area contributed by atoms with Gasteiger partial charge in [0.25, 0.3) is 0 Å². The Morgan fingerprint density at radius 2 is 1.63 bits per heavy atom. The lowest BCUT2D eigenvalue weighted by atomic mass is 10.0. The van der Waals surface area contributed by atoms with Crippen molar-refractivity contribution in [3.63, 3.8) is 0 Å². The summed E-state index contributed by atoms with van der Waals surface area (Å²) < 4.78 is 5.25. The summed E-state index contributed by atoms with van der Waals surface area (Å²) in [4.78, 5) is 29.4. The molecule has 1 saturated carbocycles. The van der Waals surface area contributed by atoms with Gasteiger partial charge < -0.3 is 15.0 Å². The summed E-state index contributed by atoms with van der Waals surface area (Å²) in [6.45, 7) is 2.46. The van der Waals surface area contributed by atoms with E-state index in [0.29, 0.717) is 24.5 Å². The third kappa shape index (κ3) is 7.87. The number of thioether (sulfide) groups is 1. The Bertz CT molecular complexity index is 1180. The lowest BCUT2D eigenvalue weighted by Gasteiger charge is -2.32. The number of benzene rings is 3. The Morgan fingerprint density at radius 1 is 0.947 bits per heavy atom. The zero-order valence-corrected chi connectivity index (χ0v) is 23.2. The zero-order chi connectivity index (χ0) is 26.7. The quantitative estimate of drug-likeness (QED) is 0.315. The molecule has 1 N–H and O–H groups in total. The van der Waals surface area contributed by atoms with E-state index in [4.69, 9.17) is 4.74 Å². The number of amides is 2. The first-order valence-electron chi connectivity index (χ1n) is 13.4. The molecule has 38 heavy (non-hydrogen) atoms. The molecule has 3 aromatic carbocycles. The van der Waals surface area contributed by atoms with Crippen LogP contribution in [-0.2, 0) is 28.3 Å². The van der Waals surface area contributed by atoms with Crippen LogP contribution >= 0.6 is 11.8 Å². The molecule has 0 unspecified atom stereocenters. The van der Waals surface area contributed by atoms with Gasteiger partial charge >= 0.3 is 0 Å². The van der Waals surface area contributed by atoms with Gasteiger partial charge in [0.15, 0.2) is 0 Å². The summed E-state index contributed by atoms with van der Waals surface area (Å²) in [6, 6.07) is 25.7. The van der Waals surface area contributed by atoms with E-state index in [0.717, 1.165) is 53.7 Å². The van der Waals surface area contributed by atoms with Gasteiger partial charge in [-0.3, -0.25) is 9.59 Å². The Morgan fingerprint density at radius 3 is 2.32 bits per heavy atom. The lowest BCUT2D eigenvalue weighted by molar-refractivity contribution is -0.139. The summed E-state index contributed by atoms with van der Waals surface area (Å²) >= 11 is 1.58. The van der Waals surface area contributed by atoms with Crippen LogP contribution in [0.1, 0.15) is 47.9 Å². The largest absolute Gasteiger partial charge is 0.497 e. The van der Waals surface area contributed by atoms with Crippen molar-refractivity contribution in [3.05, 3.63) is 101 Å². The van der Waals surface area contributed by atoms with Crippen molar-refractivity contribution in [2.75, 3.05) is 12.9 Å². The summed E-state index contributed by atoms with van der Waals surface area (Å²) in [6.07, 6.45) is 4.78. The maximum Gasteiger partial charge on any atom is 0.243 e. The lowest BCUT2D eigenvalue weighted by Crippen LogP contribution is -2.52. The molecule has 4 rings (SSSR count). The van der Waals surface area contributed by atoms with Gasteiger partial charge in [-0.05, 0) is 54.2 Å². The molecule has 0 aliphatic heterocycles. The number of hydrogen-bond acceptors (Lipinski definition) is 4. The van der Waals surface area contributed by atoms with Crippen LogP contribution in [0.3, 0.4) is 0 Å². The van der Waals surface area contributed by atoms with Gasteiger partial charge in [0.05, 0.1) is 12.9 Å². The zero-order valence-electron chi connectivity index (χ0n) is 22.4. The van der Waals surface area contributed by atoms with Crippen molar-refractivity contribution in [1.29, 1.82) is 0 Å². The van der Waals surface area contributed by atoms with Gasteiger partial charge in [-0.1, -0.05) is 79.6 Å². The number of nitrogens with one attached hydrogen (secondary N) is 1. The highest BCUT2D eigenvalue weighted by atomic mass is 32.2. The van der Waals surface area contributed by atoms with Crippen LogP contribution in [0.4, 0.5) is 0 Å². The molecule has 2 amide bonds. The number of hydrogen-bond donors (Lipinski definition) is 1. The minimum atomic E-state index is -0.577. The Balaban J connectivity index is 1.55. The minimum absolute atomic E-state index is 0.0192. The van der Waals surface area contributed by atoms with E-state index in [1.807, 2.05) is 66.7 Å². The number of nitrogens with zero attached hydrogens (tertiary/aromatic N) is 1. The third-order valence-corrected chi connectivity index (χ3v) is 8.22. The standard InChI is InChI=1S/C32H38N2O3S/c1-24-10-6-7-13-27(24)21-34(31(35)23-38-22-26-16-18-29(37-2)19-17-26)30(20-25-11-4-3-5-12-25)32(36)33-28-14-8-9-15-28/h3-7,10-13,16-19,28,30H,8-9,14-15,20-23H2,1-2H3,(H,33,36)/t30-/m0/s1. The SMILES string of the molecule is COc1ccc(CSCC(=O)N(Cc2ccccc2C)[C@@H](Cc2ccccc2)C(=O)NC2CCCC2)cc1. The summed E-state index contributed by atoms with van der Waals surface area (Å²) in [5, 5.41) is 3.28. The molecular weight excluding hydrogens is 492 g/mol. The molecule has 3 aromatic rings. The molecule has 0 bridgehead atoms. The van der Waals surface area contributed by atoms with Gasteiger partial charge in [-0.25, -0.2) is 0 Å². The monoisotopic (exact) mass is 530 g/mol. The highest BCUT2D eigenvalue weighted by molar-refractivity contribution is 7.99. The van der Waals surface area contributed by atoms with E-state index in [1.165, 1.54) is 0 Å². The average molecular weight is 531 g/mol. The normalized spacial score (nSPS) is 14.2. The van der Waals surface area contributed by atoms with Crippen LogP contribution in [0, 0.1) is 6.92 Å². The molecule has 1 atom stereocenters. The summed E-state index contributed by atoms with van der Waals surface area (Å²) in [5.41, 5.74) is 4.36. The predicted octanol–water partition coefficient (Wildman–Crippen LogP) is 5.94. The first kappa shape index (κ1) is 27.8. The molecule has 5 nitrogen and oxygen atoms in total. The van der Waals surface area contributed by atoms with Crippen molar-refractivity contribution in [3.8, 4) is 5.75 Å². The van der Waals surface area contributed by atoms with E-state index < -0.39 is 6.04 Å². The van der Waals surface area contributed by atoms with Crippen LogP contribution in [0.5, 0.6) is 5.75 Å². The number of aryl methyl sites for hydroxylation is 1. The van der Waals surface area contributed by atoms with Crippen molar-refractivity contribution in [1.82, 2.24) is 10.2 Å². The molecule has 200 valence electrons. The van der Waals surface area contributed by atoms with E-state index in [2.05, 4.69) is 24.4 Å². The minimum Gasteiger partial charge on any atom is -0.497 e. The smallest absolute Gasteiger partial charge is 0.243 e. The van der Waals surface area contributed by atoms with E-state index in [1.54, 1.807) is 23.8 Å². The molecule has 6 heteroatoms. The first-order valence-corrected chi connectivity index (χ1v) is 14.6. The highest BCUT2D eigenvalue weighted by Crippen LogP contribution is 2.22. The second kappa shape index (κ2) is 14.1. The molecule has 1 aliphatic carbocycles. The van der Waals surface area contributed by atoms with E-state index in [9.17, 15) is 9.59 Å². The number of carbonyl (C=O) groups excluding carboxylic acids is 2. The van der Waals surface area contributed by atoms with Gasteiger partial charge in [0.2, 0.25) is 11.8 Å². The molecule has 0 aromatic heterocycles. The third-order valence-electron chi connectivity index (χ3n) is 7.23. The predicted molar refractivity (Wildman–Crippen MR) is 155 cm³/mol. The van der Waals surface area contributed by atoms with Crippen molar-refractivity contribution in [2.24, 2.45) is 0 Å². The van der Waals surface area contributed by atoms with Crippen LogP contribution < -0.4 is 10.1 Å². The maximum atomic E-state index is 13.8. The summed E-state index contributed by atoms with van der Waals surface area (Å²) in [5.74, 6) is 1.76. The fraction of sp³-hybridized carbons (Fsp3) is 0.375. The molecule has 0 heterocycles. The second-order valence-electron chi connectivity index (χ2n) is 9.98. The van der Waals surface area contributed by atoms with E-state index in [-0.39, 0.29) is 17.9 Å². The fourth-order valence-corrected chi connectivity index (χ4v) is 5.82. The van der Waals surface area contributed by atoms with Crippen LogP contribution in [-0.4, -0.2) is 41.7 Å². The van der Waals surface area contributed by atoms with Crippen LogP contribution in [0.15, 0.2) is 78.9 Å². The molecule has 0 saturated heterocycles. The number of rotatable bonds is 12. The second-order valence-corrected chi connectivity index (χ2v) is 11.0. The van der Waals surface area contributed by atoms with Crippen LogP contribution in [0.2, 0.25) is 0 Å². The van der Waals surface area contributed by atoms with Gasteiger partial charge in [-0.2, -0.15) is 0 Å². The number of ether oxygens (including phenoxy) is 1. The topological polar surface area (TPSA) is 58.6 Å². The molecule has 1 fully saturated rings. The average Bonchev–Trinajstić information content (AvgIpc) is 3.45. The number of carbonyl (C=O) groups is 2. The Labute approximate surface area is 231 Å². The highest BCUT2D eigenvalue weighted by Gasteiger charge is 2.32. The molecule has 0 spiro atoms. The first-order chi connectivity index (χ1) is 18.5. The summed E-state index contributed by atoms with van der Waals surface area (Å²) in [7, 11) is 1.65. The van der Waals surface area contributed by atoms with Crippen LogP contribution in [0.25, 0.3) is 0 Å². The van der Waals surface area contributed by atoms with Crippen molar-refractivity contribution in [2.45, 2.75) is 63.4 Å². The van der Waals surface area contributed by atoms with E-state index >= 15 is 0 Å². The molecule has 1 aliphatic rings. The Kier molecular flexibility index (Phi) is 10.3. The Hall–Kier alpha value is -3.25. The van der Waals surface area contributed by atoms with Crippen molar-refractivity contribution >= 4 is 23.6 Å². The van der Waals surface area contributed by atoms with Gasteiger partial charge in [-0.15, -0.1) is 11.8 Å². The van der Waals surface area contributed by atoms with Crippen molar-refractivity contribution < 1.29 is 14.3 Å². The molecule has 0 radical (unpaired) electrons. The fourth-order valence-electron chi connectivity index (χ4n) is 4.95. The molecular formula is C32H38N2O3S. The number of methoxy groups -OCH3 is 1. The van der Waals surface area contributed by atoms with Gasteiger partial charge in [0, 0.05) is 24.8 Å². The maximum absolute atomic E-state index is 13.8.